The van der Waals surface area contributed by atoms with Gasteiger partial charge in [0.25, 0.3) is 0 Å². The lowest BCUT2D eigenvalue weighted by atomic mass is 10.1. The number of aryl methyl sites for hydroxylation is 1. The number of nitrogens with zero attached hydrogens (tertiary/aromatic N) is 3. The Hall–Kier alpha value is -1.89. The van der Waals surface area contributed by atoms with E-state index in [9.17, 15) is 4.79 Å². The van der Waals surface area contributed by atoms with Crippen LogP contribution in [0.2, 0.25) is 0 Å². The van der Waals surface area contributed by atoms with Gasteiger partial charge in [0.05, 0.1) is 18.3 Å². The third-order valence-electron chi connectivity index (χ3n) is 3.07. The molecule has 1 saturated carbocycles. The van der Waals surface area contributed by atoms with Crippen LogP contribution >= 0.6 is 0 Å². The van der Waals surface area contributed by atoms with Gasteiger partial charge >= 0.3 is 0 Å². The summed E-state index contributed by atoms with van der Waals surface area (Å²) in [5.74, 6) is -0.0803. The van der Waals surface area contributed by atoms with Crippen molar-refractivity contribution in [1.82, 2.24) is 9.88 Å². The van der Waals surface area contributed by atoms with Gasteiger partial charge in [-0.1, -0.05) is 6.07 Å². The lowest BCUT2D eigenvalue weighted by molar-refractivity contribution is -0.134. The molecule has 0 aliphatic heterocycles. The number of amides is 1. The van der Waals surface area contributed by atoms with Crippen LogP contribution in [0.25, 0.3) is 0 Å². The quantitative estimate of drug-likeness (QED) is 0.792. The molecule has 0 spiro atoms. The van der Waals surface area contributed by atoms with E-state index in [1.807, 2.05) is 25.1 Å². The number of nitriles is 1. The molecule has 0 saturated heterocycles. The molecule has 1 amide bonds. The fourth-order valence-electron chi connectivity index (χ4n) is 1.87. The average Bonchev–Trinajstić information content (AvgIpc) is 3.09. The van der Waals surface area contributed by atoms with Crippen molar-refractivity contribution in [1.29, 1.82) is 5.26 Å². The first kappa shape index (κ1) is 11.6. The van der Waals surface area contributed by atoms with Crippen LogP contribution < -0.4 is 0 Å². The smallest absolute Gasteiger partial charge is 0.243 e. The van der Waals surface area contributed by atoms with Crippen molar-refractivity contribution in [3.05, 3.63) is 29.6 Å². The van der Waals surface area contributed by atoms with E-state index in [0.717, 1.165) is 11.4 Å². The third kappa shape index (κ3) is 2.28. The highest BCUT2D eigenvalue weighted by atomic mass is 16.2. The summed E-state index contributed by atoms with van der Waals surface area (Å²) in [4.78, 5) is 18.0. The molecule has 1 fully saturated rings. The van der Waals surface area contributed by atoms with Crippen LogP contribution in [0.1, 0.15) is 24.2 Å². The Bertz CT molecular complexity index is 486. The van der Waals surface area contributed by atoms with Gasteiger partial charge < -0.3 is 4.90 Å². The molecular formula is C13H15N3O. The van der Waals surface area contributed by atoms with Gasteiger partial charge in [0.2, 0.25) is 5.91 Å². The van der Waals surface area contributed by atoms with Crippen molar-refractivity contribution >= 4 is 5.91 Å². The van der Waals surface area contributed by atoms with E-state index in [1.165, 1.54) is 0 Å². The third-order valence-corrected chi connectivity index (χ3v) is 3.07. The van der Waals surface area contributed by atoms with Crippen LogP contribution in [0, 0.1) is 23.7 Å². The standard InChI is InChI=1S/C13H15N3O/c1-10-4-3-5-11(15-10)8-16(2)12(17)13(9-14)6-7-13/h3-5H,6-8H2,1-2H3. The van der Waals surface area contributed by atoms with Crippen LogP contribution in [0.3, 0.4) is 0 Å². The van der Waals surface area contributed by atoms with E-state index < -0.39 is 5.41 Å². The first-order chi connectivity index (χ1) is 8.07. The molecule has 4 nitrogen and oxygen atoms in total. The van der Waals surface area contributed by atoms with Gasteiger partial charge in [-0.25, -0.2) is 0 Å². The predicted molar refractivity (Wildman–Crippen MR) is 62.7 cm³/mol. The molecule has 17 heavy (non-hydrogen) atoms. The molecule has 1 heterocycles. The summed E-state index contributed by atoms with van der Waals surface area (Å²) < 4.78 is 0. The van der Waals surface area contributed by atoms with Crippen molar-refractivity contribution in [2.75, 3.05) is 7.05 Å². The summed E-state index contributed by atoms with van der Waals surface area (Å²) in [5.41, 5.74) is 1.05. The van der Waals surface area contributed by atoms with Crippen LogP contribution in [-0.4, -0.2) is 22.8 Å². The Kier molecular flexibility index (Phi) is 2.84. The van der Waals surface area contributed by atoms with Gasteiger partial charge in [0.1, 0.15) is 5.41 Å². The fourth-order valence-corrected chi connectivity index (χ4v) is 1.87. The summed E-state index contributed by atoms with van der Waals surface area (Å²) >= 11 is 0. The molecule has 0 unspecified atom stereocenters. The second-order valence-electron chi connectivity index (χ2n) is 4.63. The minimum atomic E-state index is -0.738. The minimum absolute atomic E-state index is 0.0803. The molecule has 0 atom stereocenters. The maximum absolute atomic E-state index is 12.0. The van der Waals surface area contributed by atoms with Crippen molar-refractivity contribution in [3.8, 4) is 6.07 Å². The molecule has 88 valence electrons. The summed E-state index contributed by atoms with van der Waals surface area (Å²) in [6.45, 7) is 2.38. The molecule has 1 aliphatic carbocycles. The Morgan fingerprint density at radius 1 is 1.59 bits per heavy atom. The second-order valence-corrected chi connectivity index (χ2v) is 4.63. The fraction of sp³-hybridized carbons (Fsp3) is 0.462. The number of hydrogen-bond acceptors (Lipinski definition) is 3. The number of aromatic nitrogens is 1. The van der Waals surface area contributed by atoms with Crippen LogP contribution in [-0.2, 0) is 11.3 Å². The number of carbonyl (C=O) groups excluding carboxylic acids is 1. The van der Waals surface area contributed by atoms with Gasteiger partial charge in [0.15, 0.2) is 0 Å². The number of rotatable bonds is 3. The van der Waals surface area contributed by atoms with Crippen LogP contribution in [0.15, 0.2) is 18.2 Å². The Labute approximate surface area is 101 Å². The van der Waals surface area contributed by atoms with E-state index >= 15 is 0 Å². The van der Waals surface area contributed by atoms with Crippen molar-refractivity contribution in [2.24, 2.45) is 5.41 Å². The molecule has 4 heteroatoms. The van der Waals surface area contributed by atoms with Crippen molar-refractivity contribution in [3.63, 3.8) is 0 Å². The molecule has 1 aromatic rings. The zero-order chi connectivity index (χ0) is 12.5. The molecule has 0 aromatic carbocycles. The van der Waals surface area contributed by atoms with Gasteiger partial charge in [-0.15, -0.1) is 0 Å². The summed E-state index contributed by atoms with van der Waals surface area (Å²) in [7, 11) is 1.73. The zero-order valence-electron chi connectivity index (χ0n) is 10.1. The van der Waals surface area contributed by atoms with Crippen molar-refractivity contribution < 1.29 is 4.79 Å². The van der Waals surface area contributed by atoms with E-state index in [0.29, 0.717) is 19.4 Å². The first-order valence-electron chi connectivity index (χ1n) is 5.67. The Morgan fingerprint density at radius 3 is 2.82 bits per heavy atom. The zero-order valence-corrected chi connectivity index (χ0v) is 10.1. The van der Waals surface area contributed by atoms with Crippen molar-refractivity contribution in [2.45, 2.75) is 26.3 Å². The van der Waals surface area contributed by atoms with E-state index in [2.05, 4.69) is 11.1 Å². The highest BCUT2D eigenvalue weighted by Gasteiger charge is 2.51. The average molecular weight is 229 g/mol. The van der Waals surface area contributed by atoms with Gasteiger partial charge in [-0.3, -0.25) is 9.78 Å². The minimum Gasteiger partial charge on any atom is -0.338 e. The molecular weight excluding hydrogens is 214 g/mol. The summed E-state index contributed by atoms with van der Waals surface area (Å²) in [6.07, 6.45) is 1.38. The molecule has 2 rings (SSSR count). The SMILES string of the molecule is Cc1cccc(CN(C)C(=O)C2(C#N)CC2)n1. The van der Waals surface area contributed by atoms with Crippen LogP contribution in [0.4, 0.5) is 0 Å². The summed E-state index contributed by atoms with van der Waals surface area (Å²) in [6, 6.07) is 7.85. The number of pyridine rings is 1. The second kappa shape index (κ2) is 4.17. The van der Waals surface area contributed by atoms with Gasteiger partial charge in [-0.05, 0) is 31.9 Å². The largest absolute Gasteiger partial charge is 0.338 e. The Morgan fingerprint density at radius 2 is 2.29 bits per heavy atom. The molecule has 1 aliphatic rings. The normalized spacial score (nSPS) is 16.1. The maximum Gasteiger partial charge on any atom is 0.243 e. The Balaban J connectivity index is 2.05. The van der Waals surface area contributed by atoms with E-state index in [-0.39, 0.29) is 5.91 Å². The van der Waals surface area contributed by atoms with Crippen LogP contribution in [0.5, 0.6) is 0 Å². The molecule has 0 N–H and O–H groups in total. The number of carbonyl (C=O) groups is 1. The highest BCUT2D eigenvalue weighted by Crippen LogP contribution is 2.46. The predicted octanol–water partition coefficient (Wildman–Crippen LogP) is 1.65. The monoisotopic (exact) mass is 229 g/mol. The highest BCUT2D eigenvalue weighted by molar-refractivity contribution is 5.88. The molecule has 1 aromatic heterocycles. The molecule has 0 radical (unpaired) electrons. The lowest BCUT2D eigenvalue weighted by Crippen LogP contribution is -2.33. The maximum atomic E-state index is 12.0. The lowest BCUT2D eigenvalue weighted by Gasteiger charge is -2.19. The van der Waals surface area contributed by atoms with Gasteiger partial charge in [-0.2, -0.15) is 5.26 Å². The topological polar surface area (TPSA) is 57.0 Å². The number of hydrogen-bond donors (Lipinski definition) is 0. The van der Waals surface area contributed by atoms with E-state index in [4.69, 9.17) is 5.26 Å². The van der Waals surface area contributed by atoms with E-state index in [1.54, 1.807) is 11.9 Å². The summed E-state index contributed by atoms with van der Waals surface area (Å²) in [5, 5.41) is 8.97. The first-order valence-corrected chi connectivity index (χ1v) is 5.67. The molecule has 0 bridgehead atoms. The van der Waals surface area contributed by atoms with Gasteiger partial charge in [0, 0.05) is 12.7 Å².